The number of rotatable bonds is 3. The maximum Gasteiger partial charge on any atom is 0.226 e. The summed E-state index contributed by atoms with van der Waals surface area (Å²) in [5.74, 6) is 5.53. The van der Waals surface area contributed by atoms with E-state index < -0.39 is 0 Å². The molecule has 96 valence electrons. The minimum atomic E-state index is -0.109. The third-order valence-corrected chi connectivity index (χ3v) is 2.46. The third-order valence-electron chi connectivity index (χ3n) is 2.22. The molecule has 0 aliphatic carbocycles. The van der Waals surface area contributed by atoms with Gasteiger partial charge in [-0.2, -0.15) is 0 Å². The second kappa shape index (κ2) is 7.05. The van der Waals surface area contributed by atoms with Crippen LogP contribution in [-0.4, -0.2) is 17.6 Å². The highest BCUT2D eigenvalue weighted by Gasteiger charge is 2.09. The molecule has 18 heavy (non-hydrogen) atoms. The molecule has 0 fully saturated rings. The largest absolute Gasteiger partial charge is 0.395 e. The van der Waals surface area contributed by atoms with Gasteiger partial charge in [0.15, 0.2) is 0 Å². The minimum Gasteiger partial charge on any atom is -0.395 e. The van der Waals surface area contributed by atoms with Crippen molar-refractivity contribution in [3.05, 3.63) is 28.8 Å². The van der Waals surface area contributed by atoms with E-state index in [4.69, 9.17) is 16.7 Å². The van der Waals surface area contributed by atoms with Crippen molar-refractivity contribution in [2.75, 3.05) is 11.9 Å². The molecular formula is C14H16ClNO2. The van der Waals surface area contributed by atoms with E-state index in [2.05, 4.69) is 17.2 Å². The fourth-order valence-corrected chi connectivity index (χ4v) is 1.39. The number of carbonyl (C=O) groups is 1. The zero-order valence-electron chi connectivity index (χ0n) is 10.5. The number of carbonyl (C=O) groups excluding carboxylic acids is 1. The number of halogens is 1. The van der Waals surface area contributed by atoms with Crippen molar-refractivity contribution in [1.29, 1.82) is 0 Å². The second-order valence-corrected chi connectivity index (χ2v) is 4.55. The molecular weight excluding hydrogens is 250 g/mol. The molecule has 1 aromatic rings. The topological polar surface area (TPSA) is 49.3 Å². The first-order valence-electron chi connectivity index (χ1n) is 5.74. The Hall–Kier alpha value is -1.50. The van der Waals surface area contributed by atoms with E-state index in [9.17, 15) is 4.79 Å². The fourth-order valence-electron chi connectivity index (χ4n) is 1.22. The van der Waals surface area contributed by atoms with Crippen LogP contribution >= 0.6 is 11.6 Å². The van der Waals surface area contributed by atoms with Crippen LogP contribution in [0.4, 0.5) is 5.69 Å². The smallest absolute Gasteiger partial charge is 0.226 e. The zero-order valence-corrected chi connectivity index (χ0v) is 11.2. The lowest BCUT2D eigenvalue weighted by Crippen LogP contribution is -2.18. The Balaban J connectivity index is 2.98. The van der Waals surface area contributed by atoms with Gasteiger partial charge in [-0.3, -0.25) is 4.79 Å². The Kier molecular flexibility index (Phi) is 5.70. The number of benzene rings is 1. The molecule has 0 aliphatic rings. The predicted molar refractivity (Wildman–Crippen MR) is 73.5 cm³/mol. The summed E-state index contributed by atoms with van der Waals surface area (Å²) < 4.78 is 0. The molecule has 0 saturated heterocycles. The molecule has 0 atom stereocenters. The molecule has 0 unspecified atom stereocenters. The molecule has 4 heteroatoms. The van der Waals surface area contributed by atoms with Gasteiger partial charge in [0.25, 0.3) is 0 Å². The van der Waals surface area contributed by atoms with Gasteiger partial charge in [0, 0.05) is 22.9 Å². The zero-order chi connectivity index (χ0) is 13.5. The summed E-state index contributed by atoms with van der Waals surface area (Å²) in [5.41, 5.74) is 1.30. The van der Waals surface area contributed by atoms with Gasteiger partial charge in [0.1, 0.15) is 0 Å². The quantitative estimate of drug-likeness (QED) is 0.826. The number of anilines is 1. The molecule has 0 aromatic heterocycles. The fraction of sp³-hybridized carbons (Fsp3) is 0.357. The SMILES string of the molecule is CC(C)C(=O)Nc1cc(Cl)ccc1C#CCCO. The van der Waals surface area contributed by atoms with Gasteiger partial charge < -0.3 is 10.4 Å². The van der Waals surface area contributed by atoms with Crippen LogP contribution in [0.2, 0.25) is 5.02 Å². The Morgan fingerprint density at radius 3 is 2.83 bits per heavy atom. The number of hydrogen-bond donors (Lipinski definition) is 2. The van der Waals surface area contributed by atoms with Crippen molar-refractivity contribution in [2.24, 2.45) is 5.92 Å². The van der Waals surface area contributed by atoms with Crippen molar-refractivity contribution in [3.8, 4) is 11.8 Å². The number of aliphatic hydroxyl groups is 1. The third kappa shape index (κ3) is 4.40. The number of amides is 1. The number of aliphatic hydroxyl groups excluding tert-OH is 1. The predicted octanol–water partition coefficient (Wildman–Crippen LogP) is 2.67. The molecule has 0 radical (unpaired) electrons. The van der Waals surface area contributed by atoms with Gasteiger partial charge in [-0.25, -0.2) is 0 Å². The van der Waals surface area contributed by atoms with E-state index in [0.29, 0.717) is 22.7 Å². The average Bonchev–Trinajstić information content (AvgIpc) is 2.32. The Bertz CT molecular complexity index is 486. The molecule has 1 rings (SSSR count). The van der Waals surface area contributed by atoms with E-state index in [1.165, 1.54) is 0 Å². The van der Waals surface area contributed by atoms with E-state index in [1.54, 1.807) is 18.2 Å². The lowest BCUT2D eigenvalue weighted by molar-refractivity contribution is -0.118. The van der Waals surface area contributed by atoms with Crippen LogP contribution in [0.1, 0.15) is 25.8 Å². The van der Waals surface area contributed by atoms with Gasteiger partial charge in [-0.15, -0.1) is 0 Å². The first kappa shape index (κ1) is 14.6. The molecule has 0 bridgehead atoms. The van der Waals surface area contributed by atoms with Crippen molar-refractivity contribution in [1.82, 2.24) is 0 Å². The van der Waals surface area contributed by atoms with Gasteiger partial charge in [0.2, 0.25) is 5.91 Å². The van der Waals surface area contributed by atoms with Crippen molar-refractivity contribution >= 4 is 23.2 Å². The molecule has 3 nitrogen and oxygen atoms in total. The number of hydrogen-bond acceptors (Lipinski definition) is 2. The van der Waals surface area contributed by atoms with Crippen LogP contribution < -0.4 is 5.32 Å². The van der Waals surface area contributed by atoms with Crippen LogP contribution in [0.5, 0.6) is 0 Å². The lowest BCUT2D eigenvalue weighted by atomic mass is 10.1. The molecule has 0 heterocycles. The highest BCUT2D eigenvalue weighted by Crippen LogP contribution is 2.21. The standard InChI is InChI=1S/C14H16ClNO2/c1-10(2)14(18)16-13-9-12(15)7-6-11(13)5-3-4-8-17/h6-7,9-10,17H,4,8H2,1-2H3,(H,16,18). The van der Waals surface area contributed by atoms with Gasteiger partial charge in [-0.1, -0.05) is 37.3 Å². The van der Waals surface area contributed by atoms with Crippen LogP contribution in [0.15, 0.2) is 18.2 Å². The van der Waals surface area contributed by atoms with E-state index >= 15 is 0 Å². The Morgan fingerprint density at radius 2 is 2.22 bits per heavy atom. The summed E-state index contributed by atoms with van der Waals surface area (Å²) >= 11 is 5.90. The molecule has 0 saturated carbocycles. The molecule has 0 aliphatic heterocycles. The summed E-state index contributed by atoms with van der Waals surface area (Å²) in [6, 6.07) is 5.14. The van der Waals surface area contributed by atoms with Crippen molar-refractivity contribution in [2.45, 2.75) is 20.3 Å². The Labute approximate surface area is 112 Å². The summed E-state index contributed by atoms with van der Waals surface area (Å²) in [6.07, 6.45) is 0.403. The first-order chi connectivity index (χ1) is 8.54. The summed E-state index contributed by atoms with van der Waals surface area (Å²) in [6.45, 7) is 3.66. The second-order valence-electron chi connectivity index (χ2n) is 4.11. The van der Waals surface area contributed by atoms with Crippen LogP contribution in [-0.2, 0) is 4.79 Å². The van der Waals surface area contributed by atoms with E-state index in [0.717, 1.165) is 0 Å². The Morgan fingerprint density at radius 1 is 1.50 bits per heavy atom. The summed E-state index contributed by atoms with van der Waals surface area (Å²) in [7, 11) is 0. The number of nitrogens with one attached hydrogen (secondary N) is 1. The molecule has 0 spiro atoms. The van der Waals surface area contributed by atoms with E-state index in [1.807, 2.05) is 13.8 Å². The molecule has 1 aromatic carbocycles. The van der Waals surface area contributed by atoms with Gasteiger partial charge in [0.05, 0.1) is 12.3 Å². The maximum atomic E-state index is 11.7. The van der Waals surface area contributed by atoms with Gasteiger partial charge >= 0.3 is 0 Å². The molecule has 2 N–H and O–H groups in total. The van der Waals surface area contributed by atoms with Crippen LogP contribution in [0, 0.1) is 17.8 Å². The molecule has 1 amide bonds. The van der Waals surface area contributed by atoms with Crippen LogP contribution in [0.25, 0.3) is 0 Å². The highest BCUT2D eigenvalue weighted by atomic mass is 35.5. The first-order valence-corrected chi connectivity index (χ1v) is 6.12. The van der Waals surface area contributed by atoms with E-state index in [-0.39, 0.29) is 18.4 Å². The normalized spacial score (nSPS) is 9.83. The van der Waals surface area contributed by atoms with Gasteiger partial charge in [-0.05, 0) is 18.2 Å². The van der Waals surface area contributed by atoms with Crippen molar-refractivity contribution in [3.63, 3.8) is 0 Å². The van der Waals surface area contributed by atoms with Crippen molar-refractivity contribution < 1.29 is 9.90 Å². The average molecular weight is 266 g/mol. The monoisotopic (exact) mass is 265 g/mol. The minimum absolute atomic E-state index is 0.0221. The van der Waals surface area contributed by atoms with Crippen LogP contribution in [0.3, 0.4) is 0 Å². The summed E-state index contributed by atoms with van der Waals surface area (Å²) in [4.78, 5) is 11.7. The summed E-state index contributed by atoms with van der Waals surface area (Å²) in [5, 5.41) is 12.0. The lowest BCUT2D eigenvalue weighted by Gasteiger charge is -2.10. The maximum absolute atomic E-state index is 11.7. The highest BCUT2D eigenvalue weighted by molar-refractivity contribution is 6.31.